The number of nitrogens with one attached hydrogen (secondary N) is 1. The van der Waals surface area contributed by atoms with E-state index in [4.69, 9.17) is 0 Å². The summed E-state index contributed by atoms with van der Waals surface area (Å²) in [6.07, 6.45) is 6.77. The highest BCUT2D eigenvalue weighted by Crippen LogP contribution is 2.42. The molecule has 1 aliphatic carbocycles. The molecule has 98 valence electrons. The van der Waals surface area contributed by atoms with Crippen molar-refractivity contribution in [3.63, 3.8) is 0 Å². The summed E-state index contributed by atoms with van der Waals surface area (Å²) in [5.41, 5.74) is 6.38. The first-order chi connectivity index (χ1) is 9.43. The van der Waals surface area contributed by atoms with Gasteiger partial charge in [-0.25, -0.2) is 4.98 Å². The summed E-state index contributed by atoms with van der Waals surface area (Å²) in [5, 5.41) is 6.94. The molecule has 0 saturated heterocycles. The van der Waals surface area contributed by atoms with Gasteiger partial charge in [-0.1, -0.05) is 12.1 Å². The van der Waals surface area contributed by atoms with Crippen LogP contribution >= 0.6 is 11.3 Å². The van der Waals surface area contributed by atoms with Crippen molar-refractivity contribution in [2.24, 2.45) is 0 Å². The van der Waals surface area contributed by atoms with Gasteiger partial charge in [0.05, 0.1) is 5.01 Å². The van der Waals surface area contributed by atoms with E-state index in [-0.39, 0.29) is 0 Å². The molecule has 19 heavy (non-hydrogen) atoms. The quantitative estimate of drug-likeness (QED) is 0.862. The Kier molecular flexibility index (Phi) is 2.89. The molecule has 1 atom stereocenters. The molecule has 1 aromatic heterocycles. The summed E-state index contributed by atoms with van der Waals surface area (Å²) in [6.45, 7) is 2.24. The fourth-order valence-electron chi connectivity index (χ4n) is 3.60. The summed E-state index contributed by atoms with van der Waals surface area (Å²) in [5.74, 6) is 0.558. The minimum atomic E-state index is 0.558. The van der Waals surface area contributed by atoms with Crippen LogP contribution < -0.4 is 5.32 Å². The lowest BCUT2D eigenvalue weighted by molar-refractivity contribution is 0.707. The number of hydrogen-bond acceptors (Lipinski definition) is 3. The summed E-state index contributed by atoms with van der Waals surface area (Å²) in [4.78, 5) is 4.57. The second-order valence-electron chi connectivity index (χ2n) is 5.49. The fourth-order valence-corrected chi connectivity index (χ4v) is 4.38. The molecule has 3 heteroatoms. The lowest BCUT2D eigenvalue weighted by Crippen LogP contribution is -2.16. The predicted octanol–water partition coefficient (Wildman–Crippen LogP) is 2.91. The molecule has 0 amide bonds. The summed E-state index contributed by atoms with van der Waals surface area (Å²) < 4.78 is 0. The third-order valence-electron chi connectivity index (χ3n) is 4.47. The van der Waals surface area contributed by atoms with Gasteiger partial charge in [0.1, 0.15) is 0 Å². The van der Waals surface area contributed by atoms with Gasteiger partial charge in [-0.15, -0.1) is 11.3 Å². The Labute approximate surface area is 117 Å². The van der Waals surface area contributed by atoms with Gasteiger partial charge in [-0.3, -0.25) is 0 Å². The second kappa shape index (κ2) is 4.73. The van der Waals surface area contributed by atoms with Crippen molar-refractivity contribution >= 4 is 11.3 Å². The molecule has 4 rings (SSSR count). The number of nitrogens with zero attached hydrogens (tertiary/aromatic N) is 1. The highest BCUT2D eigenvalue weighted by molar-refractivity contribution is 7.09. The molecule has 1 N–H and O–H groups in total. The Balaban J connectivity index is 1.85. The molecule has 0 bridgehead atoms. The van der Waals surface area contributed by atoms with Crippen molar-refractivity contribution in [2.75, 3.05) is 13.1 Å². The Morgan fingerprint density at radius 3 is 2.89 bits per heavy atom. The van der Waals surface area contributed by atoms with Crippen LogP contribution in [-0.2, 0) is 19.3 Å². The Morgan fingerprint density at radius 1 is 1.11 bits per heavy atom. The van der Waals surface area contributed by atoms with Gasteiger partial charge in [0.25, 0.3) is 0 Å². The number of rotatable bonds is 1. The molecule has 2 aromatic rings. The topological polar surface area (TPSA) is 24.9 Å². The lowest BCUT2D eigenvalue weighted by Gasteiger charge is -2.16. The van der Waals surface area contributed by atoms with E-state index in [9.17, 15) is 0 Å². The van der Waals surface area contributed by atoms with E-state index in [2.05, 4.69) is 27.8 Å². The normalized spacial score (nSPS) is 21.8. The standard InChI is InChI=1S/C16H18N2S/c1-2-12-3-4-14(16-18-9-10-19-16)15(12)13-6-8-17-7-5-11(1)13/h1-2,9-10,14,17H,3-8H2. The average Bonchev–Trinajstić information content (AvgIpc) is 3.03. The maximum Gasteiger partial charge on any atom is 0.1000 e. The van der Waals surface area contributed by atoms with Gasteiger partial charge in [-0.2, -0.15) is 0 Å². The van der Waals surface area contributed by atoms with Crippen LogP contribution in [0, 0.1) is 0 Å². The first kappa shape index (κ1) is 11.6. The lowest BCUT2D eigenvalue weighted by atomic mass is 9.90. The van der Waals surface area contributed by atoms with Crippen LogP contribution in [0.2, 0.25) is 0 Å². The van der Waals surface area contributed by atoms with Crippen LogP contribution in [-0.4, -0.2) is 18.1 Å². The molecular formula is C16H18N2S. The van der Waals surface area contributed by atoms with Crippen molar-refractivity contribution in [3.8, 4) is 0 Å². The average molecular weight is 270 g/mol. The number of aryl methyl sites for hydroxylation is 1. The molecule has 1 unspecified atom stereocenters. The zero-order chi connectivity index (χ0) is 12.7. The highest BCUT2D eigenvalue weighted by atomic mass is 32.1. The third kappa shape index (κ3) is 1.92. The molecule has 0 fully saturated rings. The number of benzene rings is 1. The Bertz CT molecular complexity index is 589. The molecule has 1 aromatic carbocycles. The smallest absolute Gasteiger partial charge is 0.1000 e. The van der Waals surface area contributed by atoms with E-state index in [0.29, 0.717) is 5.92 Å². The van der Waals surface area contributed by atoms with Crippen molar-refractivity contribution in [1.82, 2.24) is 10.3 Å². The van der Waals surface area contributed by atoms with Crippen LogP contribution in [0.5, 0.6) is 0 Å². The zero-order valence-corrected chi connectivity index (χ0v) is 11.8. The molecule has 0 radical (unpaired) electrons. The van der Waals surface area contributed by atoms with Crippen molar-refractivity contribution < 1.29 is 0 Å². The van der Waals surface area contributed by atoms with Crippen LogP contribution in [0.25, 0.3) is 0 Å². The van der Waals surface area contributed by atoms with E-state index in [1.54, 1.807) is 22.3 Å². The maximum atomic E-state index is 4.57. The van der Waals surface area contributed by atoms with Gasteiger partial charge in [0, 0.05) is 17.5 Å². The van der Waals surface area contributed by atoms with Crippen molar-refractivity contribution in [2.45, 2.75) is 31.6 Å². The first-order valence-electron chi connectivity index (χ1n) is 7.17. The van der Waals surface area contributed by atoms with Gasteiger partial charge in [-0.05, 0) is 61.0 Å². The van der Waals surface area contributed by atoms with Gasteiger partial charge >= 0.3 is 0 Å². The zero-order valence-electron chi connectivity index (χ0n) is 11.0. The number of aromatic nitrogens is 1. The third-order valence-corrected chi connectivity index (χ3v) is 5.36. The summed E-state index contributed by atoms with van der Waals surface area (Å²) >= 11 is 1.81. The highest BCUT2D eigenvalue weighted by Gasteiger charge is 2.29. The fraction of sp³-hybridized carbons (Fsp3) is 0.438. The van der Waals surface area contributed by atoms with Crippen molar-refractivity contribution in [1.29, 1.82) is 0 Å². The van der Waals surface area contributed by atoms with E-state index >= 15 is 0 Å². The molecule has 0 saturated carbocycles. The van der Waals surface area contributed by atoms with E-state index in [0.717, 1.165) is 13.1 Å². The minimum absolute atomic E-state index is 0.558. The first-order valence-corrected chi connectivity index (χ1v) is 8.05. The van der Waals surface area contributed by atoms with Crippen molar-refractivity contribution in [3.05, 3.63) is 51.0 Å². The largest absolute Gasteiger partial charge is 0.316 e. The monoisotopic (exact) mass is 270 g/mol. The molecule has 2 aliphatic rings. The minimum Gasteiger partial charge on any atom is -0.316 e. The molecule has 2 nitrogen and oxygen atoms in total. The number of thiazole rings is 1. The van der Waals surface area contributed by atoms with Crippen LogP contribution in [0.4, 0.5) is 0 Å². The van der Waals surface area contributed by atoms with E-state index in [1.807, 2.05) is 17.5 Å². The van der Waals surface area contributed by atoms with E-state index in [1.165, 1.54) is 30.7 Å². The molecule has 2 heterocycles. The van der Waals surface area contributed by atoms with Crippen LogP contribution in [0.3, 0.4) is 0 Å². The molecule has 1 aliphatic heterocycles. The van der Waals surface area contributed by atoms with E-state index < -0.39 is 0 Å². The van der Waals surface area contributed by atoms with Crippen LogP contribution in [0.1, 0.15) is 39.6 Å². The van der Waals surface area contributed by atoms with Crippen LogP contribution in [0.15, 0.2) is 23.7 Å². The Morgan fingerprint density at radius 2 is 2.00 bits per heavy atom. The SMILES string of the molecule is c1csc(C2CCc3ccc4c(c32)CCNCC4)n1. The van der Waals surface area contributed by atoms with Gasteiger partial charge < -0.3 is 5.32 Å². The number of hydrogen-bond donors (Lipinski definition) is 1. The summed E-state index contributed by atoms with van der Waals surface area (Å²) in [6, 6.07) is 4.73. The molecule has 0 spiro atoms. The Hall–Kier alpha value is -1.19. The number of fused-ring (bicyclic) bond motifs is 3. The predicted molar refractivity (Wildman–Crippen MR) is 79.0 cm³/mol. The summed E-state index contributed by atoms with van der Waals surface area (Å²) in [7, 11) is 0. The van der Waals surface area contributed by atoms with Gasteiger partial charge in [0.15, 0.2) is 0 Å². The molecular weight excluding hydrogens is 252 g/mol. The second-order valence-corrected chi connectivity index (χ2v) is 6.41. The maximum absolute atomic E-state index is 4.57. The van der Waals surface area contributed by atoms with Gasteiger partial charge in [0.2, 0.25) is 0 Å².